The number of aliphatic hydroxyl groups is 1. The third-order valence-corrected chi connectivity index (χ3v) is 6.24. The minimum atomic E-state index is -4.80. The van der Waals surface area contributed by atoms with E-state index in [9.17, 15) is 23.1 Å². The fraction of sp³-hybridized carbons (Fsp3) is 0.625. The summed E-state index contributed by atoms with van der Waals surface area (Å²) in [6, 6.07) is 4.44. The zero-order valence-corrected chi connectivity index (χ0v) is 19.3. The van der Waals surface area contributed by atoms with Crippen LogP contribution in [0.15, 0.2) is 24.4 Å². The van der Waals surface area contributed by atoms with E-state index in [0.29, 0.717) is 28.8 Å². The summed E-state index contributed by atoms with van der Waals surface area (Å²) in [4.78, 5) is 18.3. The molecule has 32 heavy (non-hydrogen) atoms. The Kier molecular flexibility index (Phi) is 6.84. The number of carbonyl (C=O) groups excluding carboxylic acids is 1. The SMILES string of the molecule is CC1CC(C)N(C(=O)CC(C)c2c[nH]c3cccc(OC(F)(F)F)c23)C(CC(C)(C)O)C1. The van der Waals surface area contributed by atoms with Gasteiger partial charge in [0.25, 0.3) is 0 Å². The molecule has 1 amide bonds. The lowest BCUT2D eigenvalue weighted by Crippen LogP contribution is -2.53. The van der Waals surface area contributed by atoms with Crippen LogP contribution in [0.2, 0.25) is 0 Å². The molecule has 1 aliphatic heterocycles. The molecule has 1 fully saturated rings. The van der Waals surface area contributed by atoms with Gasteiger partial charge in [0, 0.05) is 35.6 Å². The maximum atomic E-state index is 13.4. The van der Waals surface area contributed by atoms with Crippen LogP contribution in [0.5, 0.6) is 5.75 Å². The monoisotopic (exact) mass is 454 g/mol. The summed E-state index contributed by atoms with van der Waals surface area (Å²) < 4.78 is 42.9. The summed E-state index contributed by atoms with van der Waals surface area (Å²) in [5, 5.41) is 10.7. The number of carbonyl (C=O) groups is 1. The predicted molar refractivity (Wildman–Crippen MR) is 117 cm³/mol. The highest BCUT2D eigenvalue weighted by atomic mass is 19.4. The molecule has 0 radical (unpaired) electrons. The van der Waals surface area contributed by atoms with Gasteiger partial charge >= 0.3 is 6.36 Å². The van der Waals surface area contributed by atoms with E-state index in [1.54, 1.807) is 26.1 Å². The lowest BCUT2D eigenvalue weighted by atomic mass is 9.82. The Bertz CT molecular complexity index is 948. The molecule has 1 saturated heterocycles. The highest BCUT2D eigenvalue weighted by Gasteiger charge is 2.38. The Balaban J connectivity index is 1.85. The molecule has 1 aromatic carbocycles. The molecule has 2 aromatic rings. The molecule has 178 valence electrons. The number of nitrogens with zero attached hydrogens (tertiary/aromatic N) is 1. The number of alkyl halides is 3. The van der Waals surface area contributed by atoms with Crippen LogP contribution in [0.25, 0.3) is 10.9 Å². The molecule has 0 spiro atoms. The van der Waals surface area contributed by atoms with Crippen molar-refractivity contribution < 1.29 is 27.8 Å². The molecule has 1 aliphatic rings. The molecular formula is C24H33F3N2O3. The van der Waals surface area contributed by atoms with Crippen LogP contribution < -0.4 is 4.74 Å². The summed E-state index contributed by atoms with van der Waals surface area (Å²) in [6.07, 6.45) is -0.787. The molecule has 5 nitrogen and oxygen atoms in total. The van der Waals surface area contributed by atoms with Crippen LogP contribution in [-0.2, 0) is 4.79 Å². The molecule has 1 aromatic heterocycles. The summed E-state index contributed by atoms with van der Waals surface area (Å²) in [5.74, 6) is -0.182. The molecule has 4 atom stereocenters. The maximum Gasteiger partial charge on any atom is 0.573 e. The van der Waals surface area contributed by atoms with Crippen molar-refractivity contribution in [3.8, 4) is 5.75 Å². The molecule has 0 saturated carbocycles. The van der Waals surface area contributed by atoms with Crippen molar-refractivity contribution >= 4 is 16.8 Å². The first-order chi connectivity index (χ1) is 14.7. The summed E-state index contributed by atoms with van der Waals surface area (Å²) in [7, 11) is 0. The normalized spacial score (nSPS) is 23.4. The Morgan fingerprint density at radius 3 is 2.59 bits per heavy atom. The van der Waals surface area contributed by atoms with E-state index in [0.717, 1.165) is 12.8 Å². The van der Waals surface area contributed by atoms with E-state index in [4.69, 9.17) is 0 Å². The predicted octanol–water partition coefficient (Wildman–Crippen LogP) is 5.74. The lowest BCUT2D eigenvalue weighted by molar-refractivity contribution is -0.274. The topological polar surface area (TPSA) is 65.6 Å². The van der Waals surface area contributed by atoms with Gasteiger partial charge in [-0.15, -0.1) is 13.2 Å². The third kappa shape index (κ3) is 5.77. The van der Waals surface area contributed by atoms with E-state index in [1.807, 2.05) is 18.7 Å². The van der Waals surface area contributed by atoms with Crippen molar-refractivity contribution in [1.82, 2.24) is 9.88 Å². The quantitative estimate of drug-likeness (QED) is 0.585. The van der Waals surface area contributed by atoms with Crippen molar-refractivity contribution in [2.24, 2.45) is 5.92 Å². The summed E-state index contributed by atoms with van der Waals surface area (Å²) in [6.45, 7) is 9.52. The van der Waals surface area contributed by atoms with E-state index in [1.165, 1.54) is 12.1 Å². The highest BCUT2D eigenvalue weighted by Crippen LogP contribution is 2.38. The van der Waals surface area contributed by atoms with E-state index >= 15 is 0 Å². The number of halogens is 3. The van der Waals surface area contributed by atoms with Gasteiger partial charge in [0.2, 0.25) is 5.91 Å². The Labute approximate surface area is 186 Å². The van der Waals surface area contributed by atoms with E-state index < -0.39 is 12.0 Å². The number of aromatic nitrogens is 1. The Morgan fingerprint density at radius 2 is 1.97 bits per heavy atom. The second-order valence-corrected chi connectivity index (χ2v) is 9.97. The van der Waals surface area contributed by atoms with Crippen molar-refractivity contribution in [1.29, 1.82) is 0 Å². The van der Waals surface area contributed by atoms with Crippen LogP contribution in [0, 0.1) is 5.92 Å². The fourth-order valence-electron chi connectivity index (χ4n) is 5.19. The first kappa shape index (κ1) is 24.4. The Hall–Kier alpha value is -2.22. The zero-order chi connectivity index (χ0) is 23.8. The smallest absolute Gasteiger partial charge is 0.405 e. The van der Waals surface area contributed by atoms with Crippen LogP contribution in [0.4, 0.5) is 13.2 Å². The van der Waals surface area contributed by atoms with Gasteiger partial charge in [-0.25, -0.2) is 0 Å². The van der Waals surface area contributed by atoms with Gasteiger partial charge < -0.3 is 19.7 Å². The van der Waals surface area contributed by atoms with Crippen LogP contribution in [-0.4, -0.2) is 44.9 Å². The lowest BCUT2D eigenvalue weighted by Gasteiger charge is -2.45. The average Bonchev–Trinajstić information content (AvgIpc) is 3.03. The van der Waals surface area contributed by atoms with Crippen molar-refractivity contribution in [2.45, 2.75) is 90.3 Å². The van der Waals surface area contributed by atoms with Gasteiger partial charge in [-0.05, 0) is 69.6 Å². The molecule has 0 aliphatic carbocycles. The first-order valence-electron chi connectivity index (χ1n) is 11.1. The van der Waals surface area contributed by atoms with Gasteiger partial charge in [-0.2, -0.15) is 0 Å². The number of fused-ring (bicyclic) bond motifs is 1. The first-order valence-corrected chi connectivity index (χ1v) is 11.1. The maximum absolute atomic E-state index is 13.4. The average molecular weight is 455 g/mol. The van der Waals surface area contributed by atoms with Gasteiger partial charge in [-0.3, -0.25) is 4.79 Å². The summed E-state index contributed by atoms with van der Waals surface area (Å²) in [5.41, 5.74) is 0.248. The molecule has 2 N–H and O–H groups in total. The molecule has 0 bridgehead atoms. The number of hydrogen-bond acceptors (Lipinski definition) is 3. The number of rotatable bonds is 6. The number of amides is 1. The van der Waals surface area contributed by atoms with Gasteiger partial charge in [0.05, 0.1) is 5.60 Å². The minimum absolute atomic E-state index is 0.0397. The fourth-order valence-corrected chi connectivity index (χ4v) is 5.19. The second kappa shape index (κ2) is 8.96. The second-order valence-electron chi connectivity index (χ2n) is 9.97. The standard InChI is InChI=1S/C24H33F3N2O3/c1-14-9-16(3)29(17(10-14)12-23(4,5)31)21(30)11-15(2)18-13-28-19-7-6-8-20(22(18)19)32-24(25,26)27/h6-8,13-17,28,31H,9-12H2,1-5H3. The van der Waals surface area contributed by atoms with Crippen LogP contribution >= 0.6 is 0 Å². The number of aromatic amines is 1. The largest absolute Gasteiger partial charge is 0.573 e. The van der Waals surface area contributed by atoms with Gasteiger partial charge in [0.15, 0.2) is 0 Å². The molecular weight excluding hydrogens is 421 g/mol. The number of likely N-dealkylation sites (tertiary alicyclic amines) is 1. The van der Waals surface area contributed by atoms with Crippen molar-refractivity contribution in [3.63, 3.8) is 0 Å². The highest BCUT2D eigenvalue weighted by molar-refractivity contribution is 5.90. The van der Waals surface area contributed by atoms with Crippen LogP contribution in [0.3, 0.4) is 0 Å². The number of ether oxygens (including phenoxy) is 1. The summed E-state index contributed by atoms with van der Waals surface area (Å²) >= 11 is 0. The van der Waals surface area contributed by atoms with Crippen molar-refractivity contribution in [2.75, 3.05) is 0 Å². The minimum Gasteiger partial charge on any atom is -0.405 e. The zero-order valence-electron chi connectivity index (χ0n) is 19.3. The molecule has 3 rings (SSSR count). The Morgan fingerprint density at radius 1 is 1.28 bits per heavy atom. The van der Waals surface area contributed by atoms with E-state index in [2.05, 4.69) is 16.6 Å². The third-order valence-electron chi connectivity index (χ3n) is 6.24. The molecule has 2 heterocycles. The molecule has 4 unspecified atom stereocenters. The number of benzene rings is 1. The van der Waals surface area contributed by atoms with E-state index in [-0.39, 0.29) is 36.1 Å². The molecule has 8 heteroatoms. The number of piperidine rings is 1. The van der Waals surface area contributed by atoms with Gasteiger partial charge in [0.1, 0.15) is 5.75 Å². The van der Waals surface area contributed by atoms with Crippen molar-refractivity contribution in [3.05, 3.63) is 30.0 Å². The number of hydrogen-bond donors (Lipinski definition) is 2. The number of H-pyrrole nitrogens is 1. The number of nitrogens with one attached hydrogen (secondary N) is 1. The van der Waals surface area contributed by atoms with Crippen LogP contribution in [0.1, 0.15) is 71.8 Å². The van der Waals surface area contributed by atoms with Gasteiger partial charge in [-0.1, -0.05) is 19.9 Å².